The van der Waals surface area contributed by atoms with Crippen LogP contribution in [0.2, 0.25) is 0 Å². The van der Waals surface area contributed by atoms with E-state index in [-0.39, 0.29) is 0 Å². The van der Waals surface area contributed by atoms with Gasteiger partial charge >= 0.3 is 0 Å². The molecule has 2 rings (SSSR count). The van der Waals surface area contributed by atoms with E-state index in [1.165, 1.54) is 24.8 Å². The van der Waals surface area contributed by atoms with E-state index < -0.39 is 0 Å². The van der Waals surface area contributed by atoms with Gasteiger partial charge in [-0.1, -0.05) is 42.5 Å². The maximum Gasteiger partial charge on any atom is 0.0720 e. The van der Waals surface area contributed by atoms with Crippen LogP contribution in [0.5, 0.6) is 0 Å². The Hall–Kier alpha value is -1.08. The Balaban J connectivity index is 1.77. The van der Waals surface area contributed by atoms with Crippen molar-refractivity contribution in [2.24, 2.45) is 5.92 Å². The van der Waals surface area contributed by atoms with Crippen LogP contribution in [0.3, 0.4) is 0 Å². The van der Waals surface area contributed by atoms with Crippen LogP contribution in [0.15, 0.2) is 42.5 Å². The predicted octanol–water partition coefficient (Wildman–Crippen LogP) is 4.34. The largest absolute Gasteiger partial charge is 0.373 e. The van der Waals surface area contributed by atoms with Crippen molar-refractivity contribution in [3.63, 3.8) is 0 Å². The topological polar surface area (TPSA) is 9.23 Å². The molecule has 92 valence electrons. The average molecular weight is 230 g/mol. The van der Waals surface area contributed by atoms with E-state index in [1.54, 1.807) is 0 Å². The van der Waals surface area contributed by atoms with Gasteiger partial charge in [0.15, 0.2) is 0 Å². The first-order chi connectivity index (χ1) is 8.40. The van der Waals surface area contributed by atoms with Gasteiger partial charge in [0.2, 0.25) is 0 Å². The van der Waals surface area contributed by atoms with Gasteiger partial charge in [0, 0.05) is 0 Å². The minimum absolute atomic E-state index is 0.464. The number of benzene rings is 1. The molecule has 0 radical (unpaired) electrons. The van der Waals surface area contributed by atoms with Gasteiger partial charge < -0.3 is 4.74 Å². The Kier molecular flexibility index (Phi) is 4.81. The third kappa shape index (κ3) is 4.35. The van der Waals surface area contributed by atoms with Gasteiger partial charge in [-0.25, -0.2) is 0 Å². The van der Waals surface area contributed by atoms with Gasteiger partial charge in [-0.05, 0) is 44.1 Å². The van der Waals surface area contributed by atoms with E-state index in [9.17, 15) is 0 Å². The van der Waals surface area contributed by atoms with Gasteiger partial charge in [-0.2, -0.15) is 0 Å². The summed E-state index contributed by atoms with van der Waals surface area (Å²) < 4.78 is 6.06. The second-order valence-electron chi connectivity index (χ2n) is 4.82. The van der Waals surface area contributed by atoms with Crippen LogP contribution >= 0.6 is 0 Å². The molecule has 0 unspecified atom stereocenters. The molecule has 0 heterocycles. The Bertz CT molecular complexity index is 338. The summed E-state index contributed by atoms with van der Waals surface area (Å²) in [7, 11) is 0. The molecule has 1 atom stereocenters. The van der Waals surface area contributed by atoms with Crippen molar-refractivity contribution in [2.45, 2.75) is 45.3 Å². The highest BCUT2D eigenvalue weighted by atomic mass is 16.5. The third-order valence-corrected chi connectivity index (χ3v) is 3.31. The second kappa shape index (κ2) is 6.61. The number of allylic oxidation sites excluding steroid dienone is 2. The molecule has 1 aliphatic carbocycles. The summed E-state index contributed by atoms with van der Waals surface area (Å²) in [6.45, 7) is 2.84. The molecular formula is C16H22O. The highest BCUT2D eigenvalue weighted by molar-refractivity contribution is 5.13. The first-order valence-corrected chi connectivity index (χ1v) is 6.67. The molecule has 1 aliphatic rings. The molecule has 0 aromatic heterocycles. The zero-order chi connectivity index (χ0) is 11.9. The lowest BCUT2D eigenvalue weighted by molar-refractivity contribution is 0.0210. The minimum atomic E-state index is 0.464. The Morgan fingerprint density at radius 1 is 1.29 bits per heavy atom. The van der Waals surface area contributed by atoms with Gasteiger partial charge in [0.05, 0.1) is 12.7 Å². The SMILES string of the molecule is C/C=C\CC[C@@H](OCc1ccccc1)C1CC1. The fourth-order valence-corrected chi connectivity index (χ4v) is 2.13. The summed E-state index contributed by atoms with van der Waals surface area (Å²) in [5.41, 5.74) is 1.28. The summed E-state index contributed by atoms with van der Waals surface area (Å²) in [5.74, 6) is 0.823. The van der Waals surface area contributed by atoms with Crippen LogP contribution in [0.4, 0.5) is 0 Å². The first kappa shape index (κ1) is 12.4. The van der Waals surface area contributed by atoms with Crippen molar-refractivity contribution in [2.75, 3.05) is 0 Å². The zero-order valence-corrected chi connectivity index (χ0v) is 10.6. The molecule has 1 aromatic rings. The van der Waals surface area contributed by atoms with E-state index in [4.69, 9.17) is 4.74 Å². The number of ether oxygens (including phenoxy) is 1. The number of rotatable bonds is 7. The molecule has 0 bridgehead atoms. The summed E-state index contributed by atoms with van der Waals surface area (Å²) in [6.07, 6.45) is 9.85. The van der Waals surface area contributed by atoms with Gasteiger partial charge in [0.1, 0.15) is 0 Å². The van der Waals surface area contributed by atoms with E-state index >= 15 is 0 Å². The molecule has 0 N–H and O–H groups in total. The third-order valence-electron chi connectivity index (χ3n) is 3.31. The minimum Gasteiger partial charge on any atom is -0.373 e. The van der Waals surface area contributed by atoms with Crippen LogP contribution in [0, 0.1) is 5.92 Å². The highest BCUT2D eigenvalue weighted by Crippen LogP contribution is 2.36. The predicted molar refractivity (Wildman–Crippen MR) is 71.8 cm³/mol. The van der Waals surface area contributed by atoms with Crippen molar-refractivity contribution >= 4 is 0 Å². The first-order valence-electron chi connectivity index (χ1n) is 6.67. The van der Waals surface area contributed by atoms with Crippen molar-refractivity contribution < 1.29 is 4.74 Å². The summed E-state index contributed by atoms with van der Waals surface area (Å²) in [5, 5.41) is 0. The van der Waals surface area contributed by atoms with Crippen molar-refractivity contribution in [1.82, 2.24) is 0 Å². The molecule has 1 fully saturated rings. The van der Waals surface area contributed by atoms with E-state index in [2.05, 4.69) is 43.3 Å². The molecule has 0 amide bonds. The Morgan fingerprint density at radius 2 is 2.06 bits per heavy atom. The molecule has 1 nitrogen and oxygen atoms in total. The molecule has 1 heteroatoms. The average Bonchev–Trinajstić information content (AvgIpc) is 3.19. The molecule has 0 saturated heterocycles. The molecular weight excluding hydrogens is 208 g/mol. The van der Waals surface area contributed by atoms with E-state index in [0.29, 0.717) is 6.10 Å². The van der Waals surface area contributed by atoms with E-state index in [1.807, 2.05) is 6.07 Å². The molecule has 1 saturated carbocycles. The lowest BCUT2D eigenvalue weighted by Gasteiger charge is -2.16. The Morgan fingerprint density at radius 3 is 2.71 bits per heavy atom. The normalized spacial score (nSPS) is 17.5. The quantitative estimate of drug-likeness (QED) is 0.633. The summed E-state index contributed by atoms with van der Waals surface area (Å²) in [6, 6.07) is 10.5. The van der Waals surface area contributed by atoms with Crippen LogP contribution in [-0.4, -0.2) is 6.10 Å². The zero-order valence-electron chi connectivity index (χ0n) is 10.6. The van der Waals surface area contributed by atoms with Gasteiger partial charge in [0.25, 0.3) is 0 Å². The molecule has 1 aromatic carbocycles. The van der Waals surface area contributed by atoms with E-state index in [0.717, 1.165) is 18.9 Å². The lowest BCUT2D eigenvalue weighted by atomic mass is 10.1. The maximum absolute atomic E-state index is 6.06. The van der Waals surface area contributed by atoms with Crippen LogP contribution in [0.25, 0.3) is 0 Å². The van der Waals surface area contributed by atoms with Gasteiger partial charge in [-0.3, -0.25) is 0 Å². The molecule has 17 heavy (non-hydrogen) atoms. The smallest absolute Gasteiger partial charge is 0.0720 e. The number of hydrogen-bond donors (Lipinski definition) is 0. The van der Waals surface area contributed by atoms with Crippen LogP contribution < -0.4 is 0 Å². The number of hydrogen-bond acceptors (Lipinski definition) is 1. The Labute approximate surface area is 104 Å². The summed E-state index contributed by atoms with van der Waals surface area (Å²) >= 11 is 0. The fraction of sp³-hybridized carbons (Fsp3) is 0.500. The van der Waals surface area contributed by atoms with Crippen molar-refractivity contribution in [3.05, 3.63) is 48.0 Å². The highest BCUT2D eigenvalue weighted by Gasteiger charge is 2.31. The van der Waals surface area contributed by atoms with Crippen molar-refractivity contribution in [3.8, 4) is 0 Å². The molecule has 0 spiro atoms. The maximum atomic E-state index is 6.06. The van der Waals surface area contributed by atoms with Crippen molar-refractivity contribution in [1.29, 1.82) is 0 Å². The lowest BCUT2D eigenvalue weighted by Crippen LogP contribution is -2.15. The monoisotopic (exact) mass is 230 g/mol. The summed E-state index contributed by atoms with van der Waals surface area (Å²) in [4.78, 5) is 0. The van der Waals surface area contributed by atoms with Gasteiger partial charge in [-0.15, -0.1) is 0 Å². The molecule has 0 aliphatic heterocycles. The second-order valence-corrected chi connectivity index (χ2v) is 4.82. The fourth-order valence-electron chi connectivity index (χ4n) is 2.13. The van der Waals surface area contributed by atoms with Crippen LogP contribution in [-0.2, 0) is 11.3 Å². The van der Waals surface area contributed by atoms with Crippen LogP contribution in [0.1, 0.15) is 38.2 Å². The standard InChI is InChI=1S/C16H22O/c1-2-3-5-10-16(15-11-12-15)17-13-14-8-6-4-7-9-14/h2-4,6-9,15-16H,5,10-13H2,1H3/b3-2-/t16-/m1/s1.